The van der Waals surface area contributed by atoms with E-state index in [1.807, 2.05) is 17.5 Å². The summed E-state index contributed by atoms with van der Waals surface area (Å²) >= 11 is 1.48. The zero-order valence-corrected chi connectivity index (χ0v) is 9.30. The molecule has 0 fully saturated rings. The van der Waals surface area contributed by atoms with Crippen molar-refractivity contribution in [3.05, 3.63) is 35.0 Å². The number of aliphatic hydroxyl groups is 1. The summed E-state index contributed by atoms with van der Waals surface area (Å²) in [5.41, 5.74) is 0. The monoisotopic (exact) mass is 225 g/mol. The van der Waals surface area contributed by atoms with Gasteiger partial charge in [0.1, 0.15) is 6.10 Å². The molecule has 1 aromatic heterocycles. The van der Waals surface area contributed by atoms with Crippen molar-refractivity contribution in [1.82, 2.24) is 5.32 Å². The van der Waals surface area contributed by atoms with Crippen molar-refractivity contribution < 1.29 is 9.90 Å². The van der Waals surface area contributed by atoms with Crippen LogP contribution in [-0.2, 0) is 4.79 Å². The summed E-state index contributed by atoms with van der Waals surface area (Å²) in [7, 11) is 0. The van der Waals surface area contributed by atoms with Crippen LogP contribution in [0.5, 0.6) is 0 Å². The standard InChI is InChI=1S/C11H15NO2S/c1-2-3-6-11(14)12-8-9(13)10-5-4-7-15-10/h2,4-5,7,9,13H,1,3,6,8H2,(H,12,14). The van der Waals surface area contributed by atoms with Crippen LogP contribution in [0.1, 0.15) is 23.8 Å². The van der Waals surface area contributed by atoms with Gasteiger partial charge in [0.25, 0.3) is 0 Å². The molecule has 0 aliphatic carbocycles. The van der Waals surface area contributed by atoms with Gasteiger partial charge in [-0.3, -0.25) is 4.79 Å². The summed E-state index contributed by atoms with van der Waals surface area (Å²) in [4.78, 5) is 12.1. The lowest BCUT2D eigenvalue weighted by Gasteiger charge is -2.09. The summed E-state index contributed by atoms with van der Waals surface area (Å²) in [6.07, 6.45) is 2.20. The highest BCUT2D eigenvalue weighted by Crippen LogP contribution is 2.17. The molecule has 0 saturated heterocycles. The molecule has 15 heavy (non-hydrogen) atoms. The Labute approximate surface area is 93.4 Å². The third-order valence-electron chi connectivity index (χ3n) is 1.94. The minimum atomic E-state index is -0.599. The van der Waals surface area contributed by atoms with Crippen molar-refractivity contribution in [2.24, 2.45) is 0 Å². The molecule has 2 N–H and O–H groups in total. The van der Waals surface area contributed by atoms with Gasteiger partial charge in [-0.1, -0.05) is 12.1 Å². The summed E-state index contributed by atoms with van der Waals surface area (Å²) in [6, 6.07) is 3.73. The van der Waals surface area contributed by atoms with Crippen molar-refractivity contribution in [3.63, 3.8) is 0 Å². The number of carbonyl (C=O) groups excluding carboxylic acids is 1. The number of nitrogens with one attached hydrogen (secondary N) is 1. The van der Waals surface area contributed by atoms with Crippen LogP contribution >= 0.6 is 11.3 Å². The zero-order chi connectivity index (χ0) is 11.1. The van der Waals surface area contributed by atoms with Crippen molar-refractivity contribution >= 4 is 17.2 Å². The second kappa shape index (κ2) is 6.37. The molecule has 3 nitrogen and oxygen atoms in total. The van der Waals surface area contributed by atoms with E-state index in [4.69, 9.17) is 0 Å². The van der Waals surface area contributed by atoms with Gasteiger partial charge in [-0.2, -0.15) is 0 Å². The third-order valence-corrected chi connectivity index (χ3v) is 2.91. The van der Waals surface area contributed by atoms with Crippen molar-refractivity contribution in [3.8, 4) is 0 Å². The first-order valence-electron chi connectivity index (χ1n) is 4.83. The van der Waals surface area contributed by atoms with Crippen LogP contribution in [0.25, 0.3) is 0 Å². The summed E-state index contributed by atoms with van der Waals surface area (Å²) in [6.45, 7) is 3.82. The Balaban J connectivity index is 2.25. The SMILES string of the molecule is C=CCCC(=O)NCC(O)c1cccs1. The quantitative estimate of drug-likeness (QED) is 0.726. The molecule has 82 valence electrons. The third kappa shape index (κ3) is 4.27. The van der Waals surface area contributed by atoms with Gasteiger partial charge in [0.15, 0.2) is 0 Å². The molecule has 1 heterocycles. The maximum absolute atomic E-state index is 11.2. The lowest BCUT2D eigenvalue weighted by Crippen LogP contribution is -2.27. The van der Waals surface area contributed by atoms with Crippen molar-refractivity contribution in [2.75, 3.05) is 6.54 Å². The second-order valence-electron chi connectivity index (χ2n) is 3.16. The molecule has 0 bridgehead atoms. The summed E-state index contributed by atoms with van der Waals surface area (Å²) in [5, 5.41) is 14.2. The van der Waals surface area contributed by atoms with Crippen LogP contribution in [0.3, 0.4) is 0 Å². The van der Waals surface area contributed by atoms with Gasteiger partial charge in [-0.25, -0.2) is 0 Å². The van der Waals surface area contributed by atoms with Gasteiger partial charge in [0, 0.05) is 17.8 Å². The Morgan fingerprint density at radius 1 is 1.73 bits per heavy atom. The van der Waals surface area contributed by atoms with Gasteiger partial charge in [0.2, 0.25) is 5.91 Å². The van der Waals surface area contributed by atoms with E-state index in [0.717, 1.165) is 4.88 Å². The van der Waals surface area contributed by atoms with E-state index in [-0.39, 0.29) is 12.5 Å². The van der Waals surface area contributed by atoms with E-state index in [0.29, 0.717) is 12.8 Å². The lowest BCUT2D eigenvalue weighted by atomic mass is 10.2. The highest BCUT2D eigenvalue weighted by molar-refractivity contribution is 7.10. The largest absolute Gasteiger partial charge is 0.386 e. The molecule has 0 spiro atoms. The van der Waals surface area contributed by atoms with Crippen LogP contribution in [0.15, 0.2) is 30.2 Å². The Kier molecular flexibility index (Phi) is 5.07. The Bertz CT molecular complexity index is 308. The van der Waals surface area contributed by atoms with E-state index in [1.165, 1.54) is 11.3 Å². The topological polar surface area (TPSA) is 49.3 Å². The number of allylic oxidation sites excluding steroid dienone is 1. The molecule has 0 aliphatic rings. The number of rotatable bonds is 6. The number of hydrogen-bond donors (Lipinski definition) is 2. The molecule has 4 heteroatoms. The fraction of sp³-hybridized carbons (Fsp3) is 0.364. The van der Waals surface area contributed by atoms with Crippen LogP contribution in [0, 0.1) is 0 Å². The highest BCUT2D eigenvalue weighted by Gasteiger charge is 2.09. The molecule has 1 atom stereocenters. The molecule has 0 aliphatic heterocycles. The second-order valence-corrected chi connectivity index (χ2v) is 4.14. The predicted octanol–water partition coefficient (Wildman–Crippen LogP) is 1.86. The van der Waals surface area contributed by atoms with E-state index in [2.05, 4.69) is 11.9 Å². The van der Waals surface area contributed by atoms with Crippen LogP contribution in [0.2, 0.25) is 0 Å². The molecular formula is C11H15NO2S. The Morgan fingerprint density at radius 3 is 3.13 bits per heavy atom. The van der Waals surface area contributed by atoms with Gasteiger partial charge in [0.05, 0.1) is 0 Å². The number of aliphatic hydroxyl groups excluding tert-OH is 1. The first kappa shape index (κ1) is 11.9. The van der Waals surface area contributed by atoms with Gasteiger partial charge in [-0.05, 0) is 17.9 Å². The van der Waals surface area contributed by atoms with E-state index in [9.17, 15) is 9.90 Å². The summed E-state index contributed by atoms with van der Waals surface area (Å²) < 4.78 is 0. The first-order valence-corrected chi connectivity index (χ1v) is 5.71. The normalized spacial score (nSPS) is 12.1. The van der Waals surface area contributed by atoms with Gasteiger partial charge in [-0.15, -0.1) is 17.9 Å². The van der Waals surface area contributed by atoms with Crippen molar-refractivity contribution in [1.29, 1.82) is 0 Å². The first-order chi connectivity index (χ1) is 7.24. The van der Waals surface area contributed by atoms with Crippen molar-refractivity contribution in [2.45, 2.75) is 18.9 Å². The maximum Gasteiger partial charge on any atom is 0.220 e. The molecule has 0 radical (unpaired) electrons. The predicted molar refractivity (Wildman–Crippen MR) is 61.7 cm³/mol. The fourth-order valence-corrected chi connectivity index (χ4v) is 1.83. The molecular weight excluding hydrogens is 210 g/mol. The molecule has 1 unspecified atom stereocenters. The number of hydrogen-bond acceptors (Lipinski definition) is 3. The van der Waals surface area contributed by atoms with Crippen LogP contribution < -0.4 is 5.32 Å². The molecule has 0 saturated carbocycles. The Morgan fingerprint density at radius 2 is 2.53 bits per heavy atom. The highest BCUT2D eigenvalue weighted by atomic mass is 32.1. The molecule has 1 amide bonds. The minimum Gasteiger partial charge on any atom is -0.386 e. The molecule has 1 aromatic rings. The van der Waals surface area contributed by atoms with Crippen LogP contribution in [0.4, 0.5) is 0 Å². The molecule has 0 aromatic carbocycles. The minimum absolute atomic E-state index is 0.0505. The number of carbonyl (C=O) groups is 1. The maximum atomic E-state index is 11.2. The zero-order valence-electron chi connectivity index (χ0n) is 8.48. The molecule has 1 rings (SSSR count). The van der Waals surface area contributed by atoms with E-state index >= 15 is 0 Å². The average Bonchev–Trinajstić information content (AvgIpc) is 2.76. The van der Waals surface area contributed by atoms with Gasteiger partial charge < -0.3 is 10.4 Å². The number of thiophene rings is 1. The fourth-order valence-electron chi connectivity index (χ4n) is 1.11. The summed E-state index contributed by atoms with van der Waals surface area (Å²) in [5.74, 6) is -0.0505. The van der Waals surface area contributed by atoms with Gasteiger partial charge >= 0.3 is 0 Å². The average molecular weight is 225 g/mol. The van der Waals surface area contributed by atoms with E-state index in [1.54, 1.807) is 6.08 Å². The number of amides is 1. The van der Waals surface area contributed by atoms with Crippen LogP contribution in [-0.4, -0.2) is 17.6 Å². The lowest BCUT2D eigenvalue weighted by molar-refractivity contribution is -0.121. The van der Waals surface area contributed by atoms with E-state index < -0.39 is 6.10 Å². The Hall–Kier alpha value is -1.13. The smallest absolute Gasteiger partial charge is 0.220 e.